The second-order valence-corrected chi connectivity index (χ2v) is 13.9. The van der Waals surface area contributed by atoms with Crippen LogP contribution in [0.1, 0.15) is 48.0 Å². The Bertz CT molecular complexity index is 1340. The number of hydrogen-bond acceptors (Lipinski definition) is 8. The molecule has 2 saturated carbocycles. The van der Waals surface area contributed by atoms with Crippen LogP contribution in [-0.4, -0.2) is 72.3 Å². The Morgan fingerprint density at radius 3 is 2.61 bits per heavy atom. The lowest BCUT2D eigenvalue weighted by Crippen LogP contribution is -2.69. The zero-order valence-electron chi connectivity index (χ0n) is 25.3. The summed E-state index contributed by atoms with van der Waals surface area (Å²) in [7, 11) is 3.18. The van der Waals surface area contributed by atoms with Crippen LogP contribution >= 0.6 is 0 Å². The van der Waals surface area contributed by atoms with E-state index in [9.17, 15) is 15.0 Å². The smallest absolute Gasteiger partial charge is 0.414 e. The second kappa shape index (κ2) is 8.80. The van der Waals surface area contributed by atoms with Crippen molar-refractivity contribution in [2.45, 2.75) is 83.2 Å². The van der Waals surface area contributed by atoms with Crippen molar-refractivity contribution in [2.75, 3.05) is 25.7 Å². The standard InChI is InChI=1S/C32H44N2O7/c1-17-15-30-18(2)12-23-28(3,4)31(23,33)22(24(30)35)13-19-16-39-29(5,6)41-26(19)32(30,37)25(17)40-27(36)34(7)20-10-9-11-21(14-20)38-8/h9-11,13-15,18,22-26,35,37H,12,16,33H2,1-8H3. The predicted molar refractivity (Wildman–Crippen MR) is 153 cm³/mol. The number of carbonyl (C=O) groups is 1. The molecule has 9 nitrogen and oxygen atoms in total. The van der Waals surface area contributed by atoms with Gasteiger partial charge in [-0.1, -0.05) is 39.0 Å². The highest BCUT2D eigenvalue weighted by atomic mass is 16.7. The summed E-state index contributed by atoms with van der Waals surface area (Å²) in [6.45, 7) is 12.1. The quantitative estimate of drug-likeness (QED) is 0.471. The number of ether oxygens (including phenoxy) is 4. The molecule has 1 heterocycles. The highest BCUT2D eigenvalue weighted by Crippen LogP contribution is 2.74. The first-order valence-electron chi connectivity index (χ1n) is 14.6. The van der Waals surface area contributed by atoms with E-state index in [1.165, 1.54) is 4.90 Å². The molecule has 5 aliphatic rings. The Kier molecular flexibility index (Phi) is 6.15. The van der Waals surface area contributed by atoms with Gasteiger partial charge < -0.3 is 34.9 Å². The normalized spacial score (nSPS) is 43.2. The fourth-order valence-electron chi connectivity index (χ4n) is 8.84. The Morgan fingerprint density at radius 2 is 1.93 bits per heavy atom. The van der Waals surface area contributed by atoms with Gasteiger partial charge in [0.1, 0.15) is 17.5 Å². The highest BCUT2D eigenvalue weighted by molar-refractivity contribution is 5.87. The van der Waals surface area contributed by atoms with E-state index in [1.54, 1.807) is 52.3 Å². The molecule has 6 rings (SSSR count). The minimum Gasteiger partial charge on any atom is -0.497 e. The second-order valence-electron chi connectivity index (χ2n) is 13.9. The third-order valence-electron chi connectivity index (χ3n) is 11.3. The van der Waals surface area contributed by atoms with Crippen molar-refractivity contribution in [3.05, 3.63) is 47.6 Å². The van der Waals surface area contributed by atoms with Crippen molar-refractivity contribution in [2.24, 2.45) is 34.3 Å². The van der Waals surface area contributed by atoms with E-state index in [0.717, 1.165) is 0 Å². The van der Waals surface area contributed by atoms with E-state index < -0.39 is 52.7 Å². The number of nitrogens with two attached hydrogens (primary N) is 1. The molecule has 4 aliphatic carbocycles. The van der Waals surface area contributed by atoms with Crippen LogP contribution in [-0.2, 0) is 14.2 Å². The molecule has 1 amide bonds. The third-order valence-corrected chi connectivity index (χ3v) is 11.3. The van der Waals surface area contributed by atoms with Crippen molar-refractivity contribution in [3.8, 4) is 5.75 Å². The number of rotatable bonds is 3. The maximum atomic E-state index is 13.7. The van der Waals surface area contributed by atoms with Gasteiger partial charge in [-0.3, -0.25) is 4.90 Å². The highest BCUT2D eigenvalue weighted by Gasteiger charge is 2.81. The first kappa shape index (κ1) is 28.7. The Balaban J connectivity index is 1.47. The van der Waals surface area contributed by atoms with Gasteiger partial charge in [-0.15, -0.1) is 0 Å². The van der Waals surface area contributed by atoms with Gasteiger partial charge in [-0.05, 0) is 67.7 Å². The van der Waals surface area contributed by atoms with Crippen molar-refractivity contribution in [1.82, 2.24) is 0 Å². The molecule has 0 radical (unpaired) electrons. The van der Waals surface area contributed by atoms with Crippen LogP contribution in [0.5, 0.6) is 5.75 Å². The van der Waals surface area contributed by atoms with Gasteiger partial charge in [0.25, 0.3) is 0 Å². The van der Waals surface area contributed by atoms with Crippen LogP contribution in [0.4, 0.5) is 10.5 Å². The third kappa shape index (κ3) is 3.56. The fourth-order valence-corrected chi connectivity index (χ4v) is 8.84. The van der Waals surface area contributed by atoms with Crippen LogP contribution in [0.3, 0.4) is 0 Å². The molecule has 41 heavy (non-hydrogen) atoms. The summed E-state index contributed by atoms with van der Waals surface area (Å²) in [6.07, 6.45) is 0.980. The predicted octanol–water partition coefficient (Wildman–Crippen LogP) is 3.78. The zero-order chi connectivity index (χ0) is 29.9. The Labute approximate surface area is 242 Å². The van der Waals surface area contributed by atoms with E-state index in [2.05, 4.69) is 20.8 Å². The van der Waals surface area contributed by atoms with Crippen LogP contribution in [0.25, 0.3) is 0 Å². The number of anilines is 1. The molecule has 2 bridgehead atoms. The first-order chi connectivity index (χ1) is 19.1. The average molecular weight is 569 g/mol. The summed E-state index contributed by atoms with van der Waals surface area (Å²) in [5, 5.41) is 25.7. The van der Waals surface area contributed by atoms with Crippen molar-refractivity contribution < 1.29 is 34.0 Å². The summed E-state index contributed by atoms with van der Waals surface area (Å²) in [5.41, 5.74) is 5.28. The summed E-state index contributed by atoms with van der Waals surface area (Å²) in [5.74, 6) is -0.902. The number of benzene rings is 1. The number of amides is 1. The maximum absolute atomic E-state index is 13.7. The lowest BCUT2D eigenvalue weighted by molar-refractivity contribution is -0.311. The molecule has 0 aromatic heterocycles. The minimum atomic E-state index is -1.82. The van der Waals surface area contributed by atoms with Crippen molar-refractivity contribution >= 4 is 11.8 Å². The number of aliphatic hydroxyl groups is 2. The maximum Gasteiger partial charge on any atom is 0.414 e. The molecular formula is C32H44N2O7. The van der Waals surface area contributed by atoms with E-state index in [0.29, 0.717) is 29.0 Å². The van der Waals surface area contributed by atoms with Crippen molar-refractivity contribution in [1.29, 1.82) is 0 Å². The van der Waals surface area contributed by atoms with Gasteiger partial charge >= 0.3 is 6.09 Å². The van der Waals surface area contributed by atoms with E-state index in [1.807, 2.05) is 19.1 Å². The number of methoxy groups -OCH3 is 1. The van der Waals surface area contributed by atoms with Crippen LogP contribution in [0, 0.1) is 28.6 Å². The van der Waals surface area contributed by atoms with Crippen molar-refractivity contribution in [3.63, 3.8) is 0 Å². The number of fused-ring (bicyclic) bond motifs is 5. The topological polar surface area (TPSA) is 124 Å². The van der Waals surface area contributed by atoms with Gasteiger partial charge in [-0.25, -0.2) is 4.79 Å². The number of nitrogens with zero attached hydrogens (tertiary/aromatic N) is 1. The minimum absolute atomic E-state index is 0.151. The number of hydrogen-bond donors (Lipinski definition) is 3. The SMILES string of the molecule is COc1cccc(N(C)C(=O)OC2C(C)=CC34C(C)CC5C(C)(C)C5(N)C(C=C5COC(C)(C)OC5C23O)C4O)c1. The Morgan fingerprint density at radius 1 is 1.22 bits per heavy atom. The lowest BCUT2D eigenvalue weighted by Gasteiger charge is -2.55. The fraction of sp³-hybridized carbons (Fsp3) is 0.656. The largest absolute Gasteiger partial charge is 0.497 e. The summed E-state index contributed by atoms with van der Waals surface area (Å²) >= 11 is 0. The van der Waals surface area contributed by atoms with E-state index >= 15 is 0 Å². The molecule has 3 fully saturated rings. The first-order valence-corrected chi connectivity index (χ1v) is 14.6. The van der Waals surface area contributed by atoms with Crippen LogP contribution < -0.4 is 15.4 Å². The van der Waals surface area contributed by atoms with Gasteiger partial charge in [0.2, 0.25) is 0 Å². The van der Waals surface area contributed by atoms with Gasteiger partial charge in [0.05, 0.1) is 30.9 Å². The molecular weight excluding hydrogens is 524 g/mol. The molecule has 1 aromatic rings. The van der Waals surface area contributed by atoms with Gasteiger partial charge in [0.15, 0.2) is 11.9 Å². The monoisotopic (exact) mass is 568 g/mol. The van der Waals surface area contributed by atoms with E-state index in [-0.39, 0.29) is 23.9 Å². The lowest BCUT2D eigenvalue weighted by atomic mass is 9.58. The molecule has 9 atom stereocenters. The van der Waals surface area contributed by atoms with Crippen LogP contribution in [0.15, 0.2) is 47.6 Å². The number of aliphatic hydroxyl groups excluding tert-OH is 1. The van der Waals surface area contributed by atoms with E-state index in [4.69, 9.17) is 24.7 Å². The molecule has 1 aromatic carbocycles. The average Bonchev–Trinajstić information content (AvgIpc) is 3.29. The van der Waals surface area contributed by atoms with Crippen LogP contribution in [0.2, 0.25) is 0 Å². The molecule has 224 valence electrons. The summed E-state index contributed by atoms with van der Waals surface area (Å²) in [4.78, 5) is 15.1. The molecule has 1 spiro atoms. The molecule has 9 heteroatoms. The number of carbonyl (C=O) groups excluding carboxylic acids is 1. The molecule has 9 unspecified atom stereocenters. The van der Waals surface area contributed by atoms with Gasteiger partial charge in [-0.2, -0.15) is 0 Å². The summed E-state index contributed by atoms with van der Waals surface area (Å²) in [6, 6.07) is 7.11. The molecule has 1 aliphatic heterocycles. The zero-order valence-corrected chi connectivity index (χ0v) is 25.3. The molecule has 4 N–H and O–H groups in total. The Hall–Kier alpha value is -2.43. The summed E-state index contributed by atoms with van der Waals surface area (Å²) < 4.78 is 24.1. The molecule has 1 saturated heterocycles. The van der Waals surface area contributed by atoms with Gasteiger partial charge in [0, 0.05) is 24.6 Å².